The maximum atomic E-state index is 5.50. The number of hydrogen-bond donors (Lipinski definition) is 0. The average molecular weight is 392 g/mol. The first-order valence-corrected chi connectivity index (χ1v) is 9.56. The highest BCUT2D eigenvalue weighted by Crippen LogP contribution is 2.32. The predicted octanol–water partition coefficient (Wildman–Crippen LogP) is 2.27. The number of nitrogens with zero attached hydrogens (tertiary/aromatic N) is 6. The van der Waals surface area contributed by atoms with Crippen LogP contribution in [0, 0.1) is 0 Å². The first-order valence-electron chi connectivity index (χ1n) is 9.56. The van der Waals surface area contributed by atoms with Gasteiger partial charge in [0.2, 0.25) is 5.95 Å². The van der Waals surface area contributed by atoms with Crippen molar-refractivity contribution < 1.29 is 9.47 Å². The molecule has 2 aromatic heterocycles. The largest absolute Gasteiger partial charge is 0.497 e. The van der Waals surface area contributed by atoms with Gasteiger partial charge in [0.25, 0.3) is 0 Å². The highest BCUT2D eigenvalue weighted by Gasteiger charge is 2.20. The zero-order valence-corrected chi connectivity index (χ0v) is 16.7. The van der Waals surface area contributed by atoms with E-state index in [9.17, 15) is 0 Å². The van der Waals surface area contributed by atoms with E-state index < -0.39 is 0 Å². The Hall–Kier alpha value is -3.26. The standard InChI is InChI=1S/C21H24N6O2/c1-28-17-6-7-18(20(13-17)29-2)19-14-23-25-21(24-19)27-11-9-26(10-12-27)15-16-5-3-4-8-22-16/h3-8,13-14H,9-12,15H2,1-2H3. The van der Waals surface area contributed by atoms with Crippen LogP contribution in [0.4, 0.5) is 5.95 Å². The van der Waals surface area contributed by atoms with Gasteiger partial charge in [-0.1, -0.05) is 6.07 Å². The van der Waals surface area contributed by atoms with E-state index in [1.165, 1.54) is 0 Å². The van der Waals surface area contributed by atoms with Gasteiger partial charge in [-0.05, 0) is 24.3 Å². The second-order valence-corrected chi connectivity index (χ2v) is 6.79. The lowest BCUT2D eigenvalue weighted by Gasteiger charge is -2.34. The van der Waals surface area contributed by atoms with Crippen molar-refractivity contribution >= 4 is 5.95 Å². The Labute approximate surface area is 170 Å². The number of hydrogen-bond acceptors (Lipinski definition) is 8. The first-order chi connectivity index (χ1) is 14.3. The van der Waals surface area contributed by atoms with Crippen molar-refractivity contribution in [1.82, 2.24) is 25.1 Å². The molecule has 1 fully saturated rings. The molecule has 150 valence electrons. The molecule has 0 unspecified atom stereocenters. The quantitative estimate of drug-likeness (QED) is 0.632. The number of piperazine rings is 1. The summed E-state index contributed by atoms with van der Waals surface area (Å²) in [6.07, 6.45) is 3.50. The Kier molecular flexibility index (Phi) is 5.81. The molecule has 29 heavy (non-hydrogen) atoms. The van der Waals surface area contributed by atoms with Gasteiger partial charge in [0.1, 0.15) is 11.5 Å². The molecular weight excluding hydrogens is 368 g/mol. The van der Waals surface area contributed by atoms with Crippen molar-refractivity contribution in [3.8, 4) is 22.8 Å². The summed E-state index contributed by atoms with van der Waals surface area (Å²) in [5.74, 6) is 2.06. The van der Waals surface area contributed by atoms with Gasteiger partial charge < -0.3 is 14.4 Å². The zero-order chi connectivity index (χ0) is 20.1. The molecule has 1 aliphatic rings. The minimum Gasteiger partial charge on any atom is -0.497 e. The number of ether oxygens (including phenoxy) is 2. The van der Waals surface area contributed by atoms with Gasteiger partial charge in [-0.25, -0.2) is 4.98 Å². The van der Waals surface area contributed by atoms with Gasteiger partial charge in [0.15, 0.2) is 0 Å². The summed E-state index contributed by atoms with van der Waals surface area (Å²) in [4.78, 5) is 13.7. The average Bonchev–Trinajstić information content (AvgIpc) is 2.80. The minimum absolute atomic E-state index is 0.637. The minimum atomic E-state index is 0.637. The van der Waals surface area contributed by atoms with E-state index in [1.54, 1.807) is 20.4 Å². The third kappa shape index (κ3) is 4.43. The van der Waals surface area contributed by atoms with Gasteiger partial charge in [0.05, 0.1) is 31.8 Å². The van der Waals surface area contributed by atoms with Gasteiger partial charge >= 0.3 is 0 Å². The molecule has 0 amide bonds. The van der Waals surface area contributed by atoms with Crippen molar-refractivity contribution in [2.24, 2.45) is 0 Å². The number of anilines is 1. The van der Waals surface area contributed by atoms with Gasteiger partial charge in [-0.2, -0.15) is 5.10 Å². The monoisotopic (exact) mass is 392 g/mol. The van der Waals surface area contributed by atoms with E-state index in [0.29, 0.717) is 11.7 Å². The normalized spacial score (nSPS) is 14.6. The summed E-state index contributed by atoms with van der Waals surface area (Å²) < 4.78 is 10.8. The van der Waals surface area contributed by atoms with Crippen LogP contribution in [-0.4, -0.2) is 65.5 Å². The van der Waals surface area contributed by atoms with Crippen LogP contribution in [0.2, 0.25) is 0 Å². The third-order valence-electron chi connectivity index (χ3n) is 5.00. The Morgan fingerprint density at radius 3 is 2.59 bits per heavy atom. The number of pyridine rings is 1. The van der Waals surface area contributed by atoms with E-state index in [1.807, 2.05) is 36.5 Å². The first kappa shape index (κ1) is 19.1. The Balaban J connectivity index is 1.46. The molecule has 1 aromatic carbocycles. The molecule has 8 heteroatoms. The van der Waals surface area contributed by atoms with Crippen LogP contribution < -0.4 is 14.4 Å². The van der Waals surface area contributed by atoms with Crippen LogP contribution >= 0.6 is 0 Å². The fourth-order valence-electron chi connectivity index (χ4n) is 3.39. The lowest BCUT2D eigenvalue weighted by molar-refractivity contribution is 0.246. The molecule has 1 saturated heterocycles. The highest BCUT2D eigenvalue weighted by molar-refractivity contribution is 5.68. The SMILES string of the molecule is COc1ccc(-c2cnnc(N3CCN(Cc4ccccn4)CC3)n2)c(OC)c1. The predicted molar refractivity (Wildman–Crippen MR) is 110 cm³/mol. The molecule has 0 spiro atoms. The van der Waals surface area contributed by atoms with E-state index in [4.69, 9.17) is 14.5 Å². The van der Waals surface area contributed by atoms with Gasteiger partial charge in [-0.15, -0.1) is 5.10 Å². The smallest absolute Gasteiger partial charge is 0.245 e. The summed E-state index contributed by atoms with van der Waals surface area (Å²) >= 11 is 0. The van der Waals surface area contributed by atoms with Crippen LogP contribution in [-0.2, 0) is 6.54 Å². The number of rotatable bonds is 6. The van der Waals surface area contributed by atoms with Crippen LogP contribution in [0.1, 0.15) is 5.69 Å². The second-order valence-electron chi connectivity index (χ2n) is 6.79. The molecule has 0 aliphatic carbocycles. The summed E-state index contributed by atoms with van der Waals surface area (Å²) in [5, 5.41) is 8.43. The maximum absolute atomic E-state index is 5.50. The molecule has 0 N–H and O–H groups in total. The number of methoxy groups -OCH3 is 2. The Morgan fingerprint density at radius 1 is 1.00 bits per heavy atom. The molecule has 0 atom stereocenters. The highest BCUT2D eigenvalue weighted by atomic mass is 16.5. The molecule has 0 saturated carbocycles. The van der Waals surface area contributed by atoms with E-state index >= 15 is 0 Å². The van der Waals surface area contributed by atoms with Crippen LogP contribution in [0.5, 0.6) is 11.5 Å². The second kappa shape index (κ2) is 8.83. The molecule has 4 rings (SSSR count). The summed E-state index contributed by atoms with van der Waals surface area (Å²) in [5.41, 5.74) is 2.68. The Bertz CT molecular complexity index is 945. The van der Waals surface area contributed by atoms with Crippen LogP contribution in [0.15, 0.2) is 48.8 Å². The maximum Gasteiger partial charge on any atom is 0.245 e. The van der Waals surface area contributed by atoms with Crippen LogP contribution in [0.3, 0.4) is 0 Å². The van der Waals surface area contributed by atoms with Crippen LogP contribution in [0.25, 0.3) is 11.3 Å². The fraction of sp³-hybridized carbons (Fsp3) is 0.333. The molecule has 8 nitrogen and oxygen atoms in total. The van der Waals surface area contributed by atoms with E-state index in [-0.39, 0.29) is 0 Å². The molecule has 0 bridgehead atoms. The van der Waals surface area contributed by atoms with E-state index in [0.717, 1.165) is 55.4 Å². The lowest BCUT2D eigenvalue weighted by atomic mass is 10.1. The molecule has 3 heterocycles. The Morgan fingerprint density at radius 2 is 1.86 bits per heavy atom. The summed E-state index contributed by atoms with van der Waals surface area (Å²) in [6, 6.07) is 11.7. The topological polar surface area (TPSA) is 76.5 Å². The van der Waals surface area contributed by atoms with Crippen molar-refractivity contribution in [1.29, 1.82) is 0 Å². The van der Waals surface area contributed by atoms with E-state index in [2.05, 4.69) is 31.0 Å². The zero-order valence-electron chi connectivity index (χ0n) is 16.7. The van der Waals surface area contributed by atoms with Gasteiger partial charge in [0, 0.05) is 50.6 Å². The van der Waals surface area contributed by atoms with Crippen molar-refractivity contribution in [2.75, 3.05) is 45.3 Å². The molecule has 0 radical (unpaired) electrons. The van der Waals surface area contributed by atoms with Crippen molar-refractivity contribution in [3.63, 3.8) is 0 Å². The number of benzene rings is 1. The summed E-state index contributed by atoms with van der Waals surface area (Å²) in [7, 11) is 3.26. The molecule has 1 aliphatic heterocycles. The van der Waals surface area contributed by atoms with Gasteiger partial charge in [-0.3, -0.25) is 9.88 Å². The fourth-order valence-corrected chi connectivity index (χ4v) is 3.39. The lowest BCUT2D eigenvalue weighted by Crippen LogP contribution is -2.46. The van der Waals surface area contributed by atoms with Crippen molar-refractivity contribution in [2.45, 2.75) is 6.54 Å². The third-order valence-corrected chi connectivity index (χ3v) is 5.00. The van der Waals surface area contributed by atoms with Crippen molar-refractivity contribution in [3.05, 3.63) is 54.5 Å². The molecular formula is C21H24N6O2. The summed E-state index contributed by atoms with van der Waals surface area (Å²) in [6.45, 7) is 4.40. The number of aromatic nitrogens is 4. The molecule has 3 aromatic rings.